The Bertz CT molecular complexity index is 524. The van der Waals surface area contributed by atoms with Crippen LogP contribution in [0.2, 0.25) is 0 Å². The maximum atomic E-state index is 12.0. The van der Waals surface area contributed by atoms with E-state index in [0.29, 0.717) is 6.54 Å². The van der Waals surface area contributed by atoms with Crippen LogP contribution >= 0.6 is 0 Å². The lowest BCUT2D eigenvalue weighted by molar-refractivity contribution is -0.384. The summed E-state index contributed by atoms with van der Waals surface area (Å²) >= 11 is 0. The fourth-order valence-corrected chi connectivity index (χ4v) is 2.14. The number of nitrogens with one attached hydrogen (secondary N) is 1. The van der Waals surface area contributed by atoms with Gasteiger partial charge in [-0.25, -0.2) is 0 Å². The number of para-hydroxylation sites is 1. The van der Waals surface area contributed by atoms with Crippen molar-refractivity contribution < 1.29 is 9.72 Å². The number of nitro benzene ring substituents is 1. The van der Waals surface area contributed by atoms with Gasteiger partial charge < -0.3 is 11.1 Å². The van der Waals surface area contributed by atoms with E-state index >= 15 is 0 Å². The Hall–Kier alpha value is -2.11. The third-order valence-corrected chi connectivity index (χ3v) is 3.83. The van der Waals surface area contributed by atoms with Gasteiger partial charge in [-0.2, -0.15) is 0 Å². The molecule has 1 aromatic carbocycles. The van der Waals surface area contributed by atoms with Crippen molar-refractivity contribution in [3.63, 3.8) is 0 Å². The Balaban J connectivity index is 2.15. The topological polar surface area (TPSA) is 98.3 Å². The molecular formula is C13H17N3O3. The third kappa shape index (κ3) is 2.67. The molecule has 1 fully saturated rings. The van der Waals surface area contributed by atoms with Crippen LogP contribution in [0.1, 0.15) is 36.5 Å². The summed E-state index contributed by atoms with van der Waals surface area (Å²) in [5.74, 6) is -0.432. The third-order valence-electron chi connectivity index (χ3n) is 3.83. The van der Waals surface area contributed by atoms with Crippen LogP contribution in [0.3, 0.4) is 0 Å². The fraction of sp³-hybridized carbons (Fsp3) is 0.462. The van der Waals surface area contributed by atoms with E-state index in [1.54, 1.807) is 6.07 Å². The highest BCUT2D eigenvalue weighted by Gasteiger charge is 2.41. The van der Waals surface area contributed by atoms with Gasteiger partial charge in [0.2, 0.25) is 0 Å². The number of nitro groups is 1. The predicted octanol–water partition coefficient (Wildman–Crippen LogP) is 2.10. The average molecular weight is 263 g/mol. The SMILES string of the molecule is CCC1(CNC(=O)c2cccc(N)c2[N+](=O)[O-])CC1. The molecule has 19 heavy (non-hydrogen) atoms. The summed E-state index contributed by atoms with van der Waals surface area (Å²) < 4.78 is 0. The first-order chi connectivity index (χ1) is 8.99. The van der Waals surface area contributed by atoms with Gasteiger partial charge in [-0.05, 0) is 36.8 Å². The number of hydrogen-bond donors (Lipinski definition) is 2. The van der Waals surface area contributed by atoms with E-state index in [-0.39, 0.29) is 22.4 Å². The molecule has 2 rings (SSSR count). The fourth-order valence-electron chi connectivity index (χ4n) is 2.14. The van der Waals surface area contributed by atoms with Gasteiger partial charge in [-0.3, -0.25) is 14.9 Å². The number of nitrogens with two attached hydrogens (primary N) is 1. The zero-order chi connectivity index (χ0) is 14.0. The number of amides is 1. The second-order valence-corrected chi connectivity index (χ2v) is 5.04. The maximum Gasteiger partial charge on any atom is 0.304 e. The van der Waals surface area contributed by atoms with Crippen molar-refractivity contribution in [2.45, 2.75) is 26.2 Å². The van der Waals surface area contributed by atoms with Crippen molar-refractivity contribution in [3.8, 4) is 0 Å². The van der Waals surface area contributed by atoms with Gasteiger partial charge in [0, 0.05) is 6.54 Å². The molecular weight excluding hydrogens is 246 g/mol. The van der Waals surface area contributed by atoms with Gasteiger partial charge in [0.1, 0.15) is 11.3 Å². The molecule has 1 aliphatic rings. The van der Waals surface area contributed by atoms with Crippen LogP contribution in [-0.2, 0) is 0 Å². The van der Waals surface area contributed by atoms with E-state index in [2.05, 4.69) is 12.2 Å². The Morgan fingerprint density at radius 3 is 2.74 bits per heavy atom. The second-order valence-electron chi connectivity index (χ2n) is 5.04. The van der Waals surface area contributed by atoms with Gasteiger partial charge in [-0.15, -0.1) is 0 Å². The first-order valence-electron chi connectivity index (χ1n) is 6.30. The molecule has 0 unspecified atom stereocenters. The Labute approximate surface area is 111 Å². The van der Waals surface area contributed by atoms with Gasteiger partial charge in [0.05, 0.1) is 4.92 Å². The molecule has 1 aliphatic carbocycles. The summed E-state index contributed by atoms with van der Waals surface area (Å²) in [4.78, 5) is 22.4. The highest BCUT2D eigenvalue weighted by atomic mass is 16.6. The molecule has 0 aliphatic heterocycles. The van der Waals surface area contributed by atoms with E-state index in [0.717, 1.165) is 19.3 Å². The van der Waals surface area contributed by atoms with Crippen LogP contribution in [0.15, 0.2) is 18.2 Å². The number of rotatable bonds is 5. The molecule has 0 atom stereocenters. The molecule has 6 heteroatoms. The normalized spacial score (nSPS) is 15.8. The van der Waals surface area contributed by atoms with Gasteiger partial charge in [-0.1, -0.05) is 13.0 Å². The standard InChI is InChI=1S/C13H17N3O3/c1-2-13(6-7-13)8-15-12(17)9-4-3-5-10(14)11(9)16(18)19/h3-5H,2,6-8,14H2,1H3,(H,15,17). The van der Waals surface area contributed by atoms with Crippen molar-refractivity contribution in [1.82, 2.24) is 5.32 Å². The zero-order valence-electron chi connectivity index (χ0n) is 10.8. The van der Waals surface area contributed by atoms with Crippen LogP contribution < -0.4 is 11.1 Å². The number of carbonyl (C=O) groups is 1. The van der Waals surface area contributed by atoms with Gasteiger partial charge in [0.25, 0.3) is 5.91 Å². The lowest BCUT2D eigenvalue weighted by Crippen LogP contribution is -2.30. The van der Waals surface area contributed by atoms with E-state index in [4.69, 9.17) is 5.73 Å². The molecule has 102 valence electrons. The smallest absolute Gasteiger partial charge is 0.304 e. The largest absolute Gasteiger partial charge is 0.393 e. The monoisotopic (exact) mass is 263 g/mol. The minimum Gasteiger partial charge on any atom is -0.393 e. The van der Waals surface area contributed by atoms with Gasteiger partial charge >= 0.3 is 5.69 Å². The van der Waals surface area contributed by atoms with Crippen molar-refractivity contribution in [2.75, 3.05) is 12.3 Å². The van der Waals surface area contributed by atoms with Crippen molar-refractivity contribution in [2.24, 2.45) is 5.41 Å². The van der Waals surface area contributed by atoms with Crippen molar-refractivity contribution in [3.05, 3.63) is 33.9 Å². The first-order valence-corrected chi connectivity index (χ1v) is 6.30. The lowest BCUT2D eigenvalue weighted by Gasteiger charge is -2.13. The van der Waals surface area contributed by atoms with Crippen LogP contribution in [-0.4, -0.2) is 17.4 Å². The minimum absolute atomic E-state index is 0.00859. The highest BCUT2D eigenvalue weighted by Crippen LogP contribution is 2.47. The molecule has 0 aromatic heterocycles. The summed E-state index contributed by atoms with van der Waals surface area (Å²) in [7, 11) is 0. The van der Waals surface area contributed by atoms with Gasteiger partial charge in [0.15, 0.2) is 0 Å². The number of anilines is 1. The first kappa shape index (κ1) is 13.3. The van der Waals surface area contributed by atoms with E-state index in [1.807, 2.05) is 0 Å². The van der Waals surface area contributed by atoms with E-state index < -0.39 is 10.8 Å². The highest BCUT2D eigenvalue weighted by molar-refractivity contribution is 6.00. The predicted molar refractivity (Wildman–Crippen MR) is 71.8 cm³/mol. The summed E-state index contributed by atoms with van der Waals surface area (Å²) in [6.45, 7) is 2.65. The summed E-state index contributed by atoms with van der Waals surface area (Å²) in [5, 5.41) is 13.7. The number of benzene rings is 1. The number of hydrogen-bond acceptors (Lipinski definition) is 4. The van der Waals surface area contributed by atoms with Crippen LogP contribution in [0.4, 0.5) is 11.4 Å². The molecule has 6 nitrogen and oxygen atoms in total. The number of carbonyl (C=O) groups excluding carboxylic acids is 1. The molecule has 0 saturated heterocycles. The second kappa shape index (κ2) is 4.87. The number of nitrogen functional groups attached to an aromatic ring is 1. The molecule has 0 spiro atoms. The molecule has 3 N–H and O–H groups in total. The molecule has 0 heterocycles. The number of nitrogens with zero attached hydrogens (tertiary/aromatic N) is 1. The Kier molecular flexibility index (Phi) is 3.42. The van der Waals surface area contributed by atoms with Crippen LogP contribution in [0.5, 0.6) is 0 Å². The molecule has 1 aromatic rings. The van der Waals surface area contributed by atoms with Crippen LogP contribution in [0, 0.1) is 15.5 Å². The summed E-state index contributed by atoms with van der Waals surface area (Å²) in [6, 6.07) is 4.39. The molecule has 0 radical (unpaired) electrons. The maximum absolute atomic E-state index is 12.0. The summed E-state index contributed by atoms with van der Waals surface area (Å²) in [6.07, 6.45) is 3.21. The van der Waals surface area contributed by atoms with E-state index in [1.165, 1.54) is 12.1 Å². The summed E-state index contributed by atoms with van der Waals surface area (Å²) in [5.41, 5.74) is 5.47. The minimum atomic E-state index is -0.614. The van der Waals surface area contributed by atoms with Crippen molar-refractivity contribution in [1.29, 1.82) is 0 Å². The molecule has 0 bridgehead atoms. The quantitative estimate of drug-likeness (QED) is 0.482. The van der Waals surface area contributed by atoms with Crippen molar-refractivity contribution >= 4 is 17.3 Å². The molecule has 1 saturated carbocycles. The molecule has 1 amide bonds. The van der Waals surface area contributed by atoms with E-state index in [9.17, 15) is 14.9 Å². The van der Waals surface area contributed by atoms with Crippen LogP contribution in [0.25, 0.3) is 0 Å². The zero-order valence-corrected chi connectivity index (χ0v) is 10.8. The Morgan fingerprint density at radius 1 is 1.53 bits per heavy atom. The Morgan fingerprint density at radius 2 is 2.21 bits per heavy atom. The average Bonchev–Trinajstić information content (AvgIpc) is 3.16. The lowest BCUT2D eigenvalue weighted by atomic mass is 10.0.